The monoisotopic (exact) mass is 250 g/mol. The van der Waals surface area contributed by atoms with Crippen molar-refractivity contribution >= 4 is 5.78 Å². The van der Waals surface area contributed by atoms with Crippen LogP contribution in [0.2, 0.25) is 0 Å². The number of benzene rings is 2. The van der Waals surface area contributed by atoms with E-state index in [0.717, 1.165) is 24.8 Å². The number of hydrogen-bond donors (Lipinski definition) is 0. The predicted octanol–water partition coefficient (Wildman–Crippen LogP) is 4.44. The molecule has 96 valence electrons. The van der Waals surface area contributed by atoms with E-state index in [1.165, 1.54) is 22.3 Å². The molecule has 0 atom stereocenters. The summed E-state index contributed by atoms with van der Waals surface area (Å²) in [6.07, 6.45) is 3.76. The molecule has 1 aliphatic rings. The van der Waals surface area contributed by atoms with Crippen LogP contribution in [0, 0.1) is 0 Å². The minimum atomic E-state index is 0.302. The van der Waals surface area contributed by atoms with E-state index in [4.69, 9.17) is 0 Å². The van der Waals surface area contributed by atoms with Gasteiger partial charge in [-0.25, -0.2) is 0 Å². The summed E-state index contributed by atoms with van der Waals surface area (Å²) >= 11 is 0. The van der Waals surface area contributed by atoms with E-state index in [0.29, 0.717) is 12.2 Å². The first kappa shape index (κ1) is 12.2. The van der Waals surface area contributed by atoms with Crippen LogP contribution in [0.4, 0.5) is 0 Å². The topological polar surface area (TPSA) is 17.1 Å². The van der Waals surface area contributed by atoms with Gasteiger partial charge in [0.1, 0.15) is 0 Å². The molecule has 0 aliphatic heterocycles. The van der Waals surface area contributed by atoms with Crippen LogP contribution in [0.15, 0.2) is 42.5 Å². The van der Waals surface area contributed by atoms with Crippen LogP contribution < -0.4 is 0 Å². The zero-order valence-electron chi connectivity index (χ0n) is 11.3. The molecular weight excluding hydrogens is 232 g/mol. The number of fused-ring (bicyclic) bond motifs is 1. The van der Waals surface area contributed by atoms with Crippen molar-refractivity contribution in [3.05, 3.63) is 59.2 Å². The predicted molar refractivity (Wildman–Crippen MR) is 78.5 cm³/mol. The average Bonchev–Trinajstić information content (AvgIpc) is 2.47. The molecule has 0 amide bonds. The van der Waals surface area contributed by atoms with Gasteiger partial charge in [-0.1, -0.05) is 49.4 Å². The minimum absolute atomic E-state index is 0.302. The van der Waals surface area contributed by atoms with Gasteiger partial charge < -0.3 is 0 Å². The summed E-state index contributed by atoms with van der Waals surface area (Å²) < 4.78 is 0. The number of ketones is 1. The Morgan fingerprint density at radius 1 is 1.00 bits per heavy atom. The lowest BCUT2D eigenvalue weighted by Gasteiger charge is -2.16. The molecule has 1 nitrogen and oxygen atoms in total. The minimum Gasteiger partial charge on any atom is -0.294 e. The van der Waals surface area contributed by atoms with Crippen molar-refractivity contribution in [2.45, 2.75) is 32.6 Å². The maximum Gasteiger partial charge on any atom is 0.163 e. The fraction of sp³-hybridized carbons (Fsp3) is 0.278. The lowest BCUT2D eigenvalue weighted by Crippen LogP contribution is -2.10. The van der Waals surface area contributed by atoms with E-state index in [1.54, 1.807) is 0 Å². The molecule has 0 fully saturated rings. The van der Waals surface area contributed by atoms with Crippen molar-refractivity contribution in [1.29, 1.82) is 0 Å². The van der Waals surface area contributed by atoms with Crippen molar-refractivity contribution in [3.63, 3.8) is 0 Å². The molecule has 0 spiro atoms. The van der Waals surface area contributed by atoms with E-state index in [1.807, 2.05) is 6.07 Å². The second-order valence-electron chi connectivity index (χ2n) is 5.16. The number of rotatable bonds is 2. The highest BCUT2D eigenvalue weighted by Crippen LogP contribution is 2.29. The molecule has 19 heavy (non-hydrogen) atoms. The molecular formula is C18H18O. The smallest absolute Gasteiger partial charge is 0.163 e. The zero-order chi connectivity index (χ0) is 13.2. The van der Waals surface area contributed by atoms with Crippen LogP contribution >= 0.6 is 0 Å². The number of carbonyl (C=O) groups is 1. The molecule has 3 rings (SSSR count). The Labute approximate surface area is 114 Å². The third-order valence-corrected chi connectivity index (χ3v) is 3.96. The van der Waals surface area contributed by atoms with Gasteiger partial charge in [0.25, 0.3) is 0 Å². The fourth-order valence-corrected chi connectivity index (χ4v) is 2.92. The molecule has 0 aromatic heterocycles. The van der Waals surface area contributed by atoms with Gasteiger partial charge in [0.2, 0.25) is 0 Å². The van der Waals surface area contributed by atoms with Crippen LogP contribution in [-0.4, -0.2) is 5.78 Å². The van der Waals surface area contributed by atoms with E-state index in [9.17, 15) is 4.79 Å². The van der Waals surface area contributed by atoms with Gasteiger partial charge in [-0.15, -0.1) is 0 Å². The van der Waals surface area contributed by atoms with Gasteiger partial charge >= 0.3 is 0 Å². The fourth-order valence-electron chi connectivity index (χ4n) is 2.92. The van der Waals surface area contributed by atoms with Gasteiger partial charge in [-0.05, 0) is 41.5 Å². The Morgan fingerprint density at radius 2 is 1.84 bits per heavy atom. The Bertz CT molecular complexity index is 625. The van der Waals surface area contributed by atoms with E-state index < -0.39 is 0 Å². The number of carbonyl (C=O) groups excluding carboxylic acids is 1. The van der Waals surface area contributed by atoms with Gasteiger partial charge in [-0.2, -0.15) is 0 Å². The second kappa shape index (κ2) is 5.00. The van der Waals surface area contributed by atoms with Crippen molar-refractivity contribution in [3.8, 4) is 11.1 Å². The lowest BCUT2D eigenvalue weighted by atomic mass is 9.87. The molecule has 0 saturated carbocycles. The largest absolute Gasteiger partial charge is 0.294 e. The van der Waals surface area contributed by atoms with Gasteiger partial charge in [0.05, 0.1) is 0 Å². The summed E-state index contributed by atoms with van der Waals surface area (Å²) in [4.78, 5) is 11.9. The number of aryl methyl sites for hydroxylation is 2. The molecule has 0 heterocycles. The van der Waals surface area contributed by atoms with Crippen LogP contribution in [0.3, 0.4) is 0 Å². The normalized spacial score (nSPS) is 14.3. The molecule has 0 saturated heterocycles. The van der Waals surface area contributed by atoms with Crippen molar-refractivity contribution < 1.29 is 4.79 Å². The Kier molecular flexibility index (Phi) is 3.20. The van der Waals surface area contributed by atoms with Gasteiger partial charge in [-0.3, -0.25) is 4.79 Å². The molecule has 0 unspecified atom stereocenters. The van der Waals surface area contributed by atoms with Gasteiger partial charge in [0.15, 0.2) is 5.78 Å². The maximum absolute atomic E-state index is 11.9. The van der Waals surface area contributed by atoms with Crippen molar-refractivity contribution in [2.24, 2.45) is 0 Å². The summed E-state index contributed by atoms with van der Waals surface area (Å²) in [6, 6.07) is 14.8. The zero-order valence-corrected chi connectivity index (χ0v) is 11.3. The molecule has 2 aromatic rings. The molecule has 0 bridgehead atoms. The molecule has 1 aliphatic carbocycles. The first-order valence-corrected chi connectivity index (χ1v) is 7.04. The SMILES string of the molecule is CCc1ccccc1-c1ccc2c(c1)CCCC2=O. The van der Waals surface area contributed by atoms with Crippen molar-refractivity contribution in [1.82, 2.24) is 0 Å². The highest BCUT2D eigenvalue weighted by molar-refractivity contribution is 5.99. The standard InChI is InChI=1S/C18H18O/c1-2-13-6-3-4-8-16(13)15-10-11-17-14(12-15)7-5-9-18(17)19/h3-4,6,8,10-12H,2,5,7,9H2,1H3. The highest BCUT2D eigenvalue weighted by atomic mass is 16.1. The van der Waals surface area contributed by atoms with Crippen LogP contribution in [0.25, 0.3) is 11.1 Å². The summed E-state index contributed by atoms with van der Waals surface area (Å²) in [5.41, 5.74) is 6.06. The van der Waals surface area contributed by atoms with E-state index in [-0.39, 0.29) is 0 Å². The Hall–Kier alpha value is -1.89. The maximum atomic E-state index is 11.9. The van der Waals surface area contributed by atoms with Crippen LogP contribution in [0.1, 0.15) is 41.3 Å². The summed E-state index contributed by atoms with van der Waals surface area (Å²) in [5.74, 6) is 0.302. The first-order valence-electron chi connectivity index (χ1n) is 7.04. The molecule has 1 heteroatoms. The molecule has 0 radical (unpaired) electrons. The van der Waals surface area contributed by atoms with Crippen LogP contribution in [0.5, 0.6) is 0 Å². The quantitative estimate of drug-likeness (QED) is 0.770. The summed E-state index contributed by atoms with van der Waals surface area (Å²) in [5, 5.41) is 0. The Balaban J connectivity index is 2.09. The van der Waals surface area contributed by atoms with Crippen LogP contribution in [-0.2, 0) is 12.8 Å². The van der Waals surface area contributed by atoms with E-state index in [2.05, 4.69) is 43.3 Å². The molecule has 2 aromatic carbocycles. The molecule has 0 N–H and O–H groups in total. The highest BCUT2D eigenvalue weighted by Gasteiger charge is 2.17. The average molecular weight is 250 g/mol. The number of hydrogen-bond acceptors (Lipinski definition) is 1. The van der Waals surface area contributed by atoms with Crippen molar-refractivity contribution in [2.75, 3.05) is 0 Å². The van der Waals surface area contributed by atoms with E-state index >= 15 is 0 Å². The third-order valence-electron chi connectivity index (χ3n) is 3.96. The number of Topliss-reactive ketones (excluding diaryl/α,β-unsaturated/α-hetero) is 1. The first-order chi connectivity index (χ1) is 9.29. The Morgan fingerprint density at radius 3 is 2.68 bits per heavy atom. The third kappa shape index (κ3) is 2.21. The summed E-state index contributed by atoms with van der Waals surface area (Å²) in [6.45, 7) is 2.18. The van der Waals surface area contributed by atoms with Gasteiger partial charge in [0, 0.05) is 12.0 Å². The lowest BCUT2D eigenvalue weighted by molar-refractivity contribution is 0.0972. The second-order valence-corrected chi connectivity index (χ2v) is 5.16. The summed E-state index contributed by atoms with van der Waals surface area (Å²) in [7, 11) is 0.